The van der Waals surface area contributed by atoms with Gasteiger partial charge < -0.3 is 14.6 Å². The van der Waals surface area contributed by atoms with Crippen molar-refractivity contribution < 1.29 is 23.5 Å². The highest BCUT2D eigenvalue weighted by molar-refractivity contribution is 6.00. The Balaban J connectivity index is 1.54. The van der Waals surface area contributed by atoms with Crippen molar-refractivity contribution in [3.63, 3.8) is 0 Å². The second-order valence-corrected chi connectivity index (χ2v) is 7.63. The van der Waals surface area contributed by atoms with Crippen molar-refractivity contribution in [2.45, 2.75) is 27.3 Å². The van der Waals surface area contributed by atoms with E-state index in [0.29, 0.717) is 17.7 Å². The number of ketones is 1. The van der Waals surface area contributed by atoms with Crippen molar-refractivity contribution in [1.29, 1.82) is 0 Å². The molecule has 3 rings (SSSR count). The molecular weight excluding hydrogens is 411 g/mol. The molecular formula is C25H25FN2O4. The third-order valence-corrected chi connectivity index (χ3v) is 5.17. The van der Waals surface area contributed by atoms with Gasteiger partial charge in [0.05, 0.1) is 0 Å². The summed E-state index contributed by atoms with van der Waals surface area (Å²) in [5.74, 6) is -1.72. The molecule has 0 unspecified atom stereocenters. The number of aromatic nitrogens is 1. The van der Waals surface area contributed by atoms with E-state index < -0.39 is 12.6 Å². The molecule has 0 radical (unpaired) electrons. The van der Waals surface area contributed by atoms with E-state index in [-0.39, 0.29) is 24.1 Å². The van der Waals surface area contributed by atoms with Gasteiger partial charge in [-0.05, 0) is 56.7 Å². The van der Waals surface area contributed by atoms with Crippen LogP contribution in [0.15, 0.2) is 54.6 Å². The van der Waals surface area contributed by atoms with Gasteiger partial charge in [-0.25, -0.2) is 4.39 Å². The van der Waals surface area contributed by atoms with Crippen LogP contribution in [0.2, 0.25) is 0 Å². The zero-order valence-corrected chi connectivity index (χ0v) is 18.3. The summed E-state index contributed by atoms with van der Waals surface area (Å²) in [6, 6.07) is 14.9. The zero-order chi connectivity index (χ0) is 23.3. The SMILES string of the molecule is Cc1cccc(C(=O)NCC(=O)OCC(=O)c2cc(C)n(Cc3ccc(F)cc3)c2C)c1. The largest absolute Gasteiger partial charge is 0.456 e. The molecule has 0 spiro atoms. The minimum absolute atomic E-state index is 0.303. The number of aryl methyl sites for hydroxylation is 2. The maximum absolute atomic E-state index is 13.1. The van der Waals surface area contributed by atoms with Crippen molar-refractivity contribution in [1.82, 2.24) is 9.88 Å². The molecule has 7 heteroatoms. The lowest BCUT2D eigenvalue weighted by atomic mass is 10.1. The summed E-state index contributed by atoms with van der Waals surface area (Å²) in [6.07, 6.45) is 0. The van der Waals surface area contributed by atoms with E-state index in [1.165, 1.54) is 12.1 Å². The monoisotopic (exact) mass is 436 g/mol. The number of hydrogen-bond acceptors (Lipinski definition) is 4. The molecule has 0 aliphatic heterocycles. The Hall–Kier alpha value is -3.74. The van der Waals surface area contributed by atoms with Crippen LogP contribution in [0.25, 0.3) is 0 Å². The Morgan fingerprint density at radius 2 is 1.72 bits per heavy atom. The second kappa shape index (κ2) is 10.0. The fraction of sp³-hybridized carbons (Fsp3) is 0.240. The summed E-state index contributed by atoms with van der Waals surface area (Å²) in [5.41, 5.74) is 4.35. The van der Waals surface area contributed by atoms with Crippen LogP contribution in [-0.4, -0.2) is 35.4 Å². The first-order valence-electron chi connectivity index (χ1n) is 10.2. The van der Waals surface area contributed by atoms with Gasteiger partial charge in [-0.2, -0.15) is 0 Å². The van der Waals surface area contributed by atoms with Crippen LogP contribution in [0, 0.1) is 26.6 Å². The summed E-state index contributed by atoms with van der Waals surface area (Å²) in [7, 11) is 0. The van der Waals surface area contributed by atoms with Gasteiger partial charge in [0.15, 0.2) is 6.61 Å². The summed E-state index contributed by atoms with van der Waals surface area (Å²) in [4.78, 5) is 36.7. The number of ether oxygens (including phenoxy) is 1. The maximum Gasteiger partial charge on any atom is 0.325 e. The Morgan fingerprint density at radius 3 is 2.41 bits per heavy atom. The molecule has 1 aromatic heterocycles. The van der Waals surface area contributed by atoms with Gasteiger partial charge in [-0.3, -0.25) is 14.4 Å². The predicted octanol–water partition coefficient (Wildman–Crippen LogP) is 3.76. The summed E-state index contributed by atoms with van der Waals surface area (Å²) in [5, 5.41) is 2.49. The number of esters is 1. The van der Waals surface area contributed by atoms with Crippen molar-refractivity contribution in [3.05, 3.63) is 94.1 Å². The Morgan fingerprint density at radius 1 is 1.00 bits per heavy atom. The molecule has 2 aromatic carbocycles. The van der Waals surface area contributed by atoms with E-state index in [2.05, 4.69) is 5.32 Å². The normalized spacial score (nSPS) is 10.6. The number of benzene rings is 2. The molecule has 3 aromatic rings. The lowest BCUT2D eigenvalue weighted by molar-refractivity contribution is -0.141. The lowest BCUT2D eigenvalue weighted by Gasteiger charge is -2.10. The smallest absolute Gasteiger partial charge is 0.325 e. The first-order chi connectivity index (χ1) is 15.2. The molecule has 0 aliphatic carbocycles. The van der Waals surface area contributed by atoms with Gasteiger partial charge in [0.2, 0.25) is 5.78 Å². The number of Topliss-reactive ketones (excluding diaryl/α,β-unsaturated/α-hetero) is 1. The molecule has 0 saturated carbocycles. The number of rotatable bonds is 8. The molecule has 1 N–H and O–H groups in total. The van der Waals surface area contributed by atoms with E-state index in [9.17, 15) is 18.8 Å². The summed E-state index contributed by atoms with van der Waals surface area (Å²) in [6.45, 7) is 5.31. The molecule has 0 saturated heterocycles. The molecule has 0 atom stereocenters. The van der Waals surface area contributed by atoms with Gasteiger partial charge in [-0.1, -0.05) is 29.8 Å². The van der Waals surface area contributed by atoms with Crippen LogP contribution in [0.4, 0.5) is 4.39 Å². The van der Waals surface area contributed by atoms with Crippen molar-refractivity contribution in [3.8, 4) is 0 Å². The highest BCUT2D eigenvalue weighted by atomic mass is 19.1. The average Bonchev–Trinajstić information content (AvgIpc) is 3.05. The van der Waals surface area contributed by atoms with Crippen molar-refractivity contribution in [2.75, 3.05) is 13.2 Å². The number of carbonyl (C=O) groups is 3. The van der Waals surface area contributed by atoms with E-state index in [0.717, 1.165) is 22.5 Å². The molecule has 1 heterocycles. The van der Waals surface area contributed by atoms with Crippen molar-refractivity contribution >= 4 is 17.7 Å². The fourth-order valence-corrected chi connectivity index (χ4v) is 3.41. The highest BCUT2D eigenvalue weighted by Gasteiger charge is 2.18. The number of amides is 1. The number of nitrogens with one attached hydrogen (secondary N) is 1. The summed E-state index contributed by atoms with van der Waals surface area (Å²) >= 11 is 0. The van der Waals surface area contributed by atoms with E-state index in [4.69, 9.17) is 4.74 Å². The summed E-state index contributed by atoms with van der Waals surface area (Å²) < 4.78 is 20.1. The van der Waals surface area contributed by atoms with Crippen LogP contribution >= 0.6 is 0 Å². The van der Waals surface area contributed by atoms with Crippen LogP contribution in [0.1, 0.15) is 43.2 Å². The number of halogens is 1. The standard InChI is InChI=1S/C25H25FN2O4/c1-16-5-4-6-20(11-16)25(31)27-13-24(30)32-15-23(29)22-12-17(2)28(18(22)3)14-19-7-9-21(26)10-8-19/h4-12H,13-15H2,1-3H3,(H,27,31). The first-order valence-corrected chi connectivity index (χ1v) is 10.2. The number of hydrogen-bond donors (Lipinski definition) is 1. The van der Waals surface area contributed by atoms with E-state index in [1.807, 2.05) is 31.4 Å². The molecule has 32 heavy (non-hydrogen) atoms. The highest BCUT2D eigenvalue weighted by Crippen LogP contribution is 2.18. The van der Waals surface area contributed by atoms with E-state index in [1.54, 1.807) is 36.4 Å². The molecule has 166 valence electrons. The van der Waals surface area contributed by atoms with Crippen LogP contribution in [0.3, 0.4) is 0 Å². The first kappa shape index (κ1) is 22.9. The molecule has 6 nitrogen and oxygen atoms in total. The zero-order valence-electron chi connectivity index (χ0n) is 18.3. The van der Waals surface area contributed by atoms with Gasteiger partial charge >= 0.3 is 5.97 Å². The Bertz CT molecular complexity index is 1150. The van der Waals surface area contributed by atoms with Crippen molar-refractivity contribution in [2.24, 2.45) is 0 Å². The molecule has 1 amide bonds. The van der Waals surface area contributed by atoms with E-state index >= 15 is 0 Å². The fourth-order valence-electron chi connectivity index (χ4n) is 3.41. The second-order valence-electron chi connectivity index (χ2n) is 7.63. The quantitative estimate of drug-likeness (QED) is 0.431. The third-order valence-electron chi connectivity index (χ3n) is 5.17. The number of carbonyl (C=O) groups excluding carboxylic acids is 3. The Labute approximate surface area is 186 Å². The molecule has 0 aliphatic rings. The van der Waals surface area contributed by atoms with Gasteiger partial charge in [0, 0.05) is 29.1 Å². The lowest BCUT2D eigenvalue weighted by Crippen LogP contribution is -2.31. The minimum Gasteiger partial charge on any atom is -0.456 e. The van der Waals surface area contributed by atoms with Crippen LogP contribution in [-0.2, 0) is 16.1 Å². The Kier molecular flexibility index (Phi) is 7.20. The van der Waals surface area contributed by atoms with Gasteiger partial charge in [0.25, 0.3) is 5.91 Å². The van der Waals surface area contributed by atoms with Crippen LogP contribution < -0.4 is 5.32 Å². The van der Waals surface area contributed by atoms with Gasteiger partial charge in [0.1, 0.15) is 12.4 Å². The minimum atomic E-state index is -0.695. The topological polar surface area (TPSA) is 77.4 Å². The number of nitrogens with zero attached hydrogens (tertiary/aromatic N) is 1. The van der Waals surface area contributed by atoms with Crippen LogP contribution in [0.5, 0.6) is 0 Å². The predicted molar refractivity (Wildman–Crippen MR) is 118 cm³/mol. The molecule has 0 fully saturated rings. The van der Waals surface area contributed by atoms with Gasteiger partial charge in [-0.15, -0.1) is 0 Å². The average molecular weight is 436 g/mol. The maximum atomic E-state index is 13.1. The third kappa shape index (κ3) is 5.69. The molecule has 0 bridgehead atoms.